The Balaban J connectivity index is 1.35. The number of nitrogens with zero attached hydrogens (tertiary/aromatic N) is 3. The maximum Gasteiger partial charge on any atom is 0.332 e. The SMILES string of the molecule is CC1(C)C(=O)N(c2ccc(S(C)(=O)=O)cc2)C(=O)N1Cc1ccnc(NC2[C@H]3COC[C@@H]23)c1. The predicted molar refractivity (Wildman–Crippen MR) is 122 cm³/mol. The van der Waals surface area contributed by atoms with Crippen molar-refractivity contribution < 1.29 is 22.7 Å². The second-order valence-corrected chi connectivity index (χ2v) is 11.4. The summed E-state index contributed by atoms with van der Waals surface area (Å²) in [6.07, 6.45) is 2.81. The summed E-state index contributed by atoms with van der Waals surface area (Å²) in [6.45, 7) is 5.23. The number of imide groups is 1. The Morgan fingerprint density at radius 3 is 2.42 bits per heavy atom. The van der Waals surface area contributed by atoms with Crippen LogP contribution in [0.2, 0.25) is 0 Å². The van der Waals surface area contributed by atoms with Crippen molar-refractivity contribution in [2.24, 2.45) is 11.8 Å². The number of sulfone groups is 1. The van der Waals surface area contributed by atoms with E-state index in [1.165, 1.54) is 29.2 Å². The molecule has 1 aromatic heterocycles. The van der Waals surface area contributed by atoms with Crippen LogP contribution < -0.4 is 10.2 Å². The van der Waals surface area contributed by atoms with Crippen LogP contribution in [-0.4, -0.2) is 61.3 Å². The Morgan fingerprint density at radius 1 is 1.12 bits per heavy atom. The number of hydrogen-bond donors (Lipinski definition) is 1. The molecule has 0 bridgehead atoms. The van der Waals surface area contributed by atoms with E-state index in [1.807, 2.05) is 12.1 Å². The number of hydrogen-bond acceptors (Lipinski definition) is 7. The molecule has 0 radical (unpaired) electrons. The molecule has 1 aliphatic carbocycles. The molecule has 3 fully saturated rings. The summed E-state index contributed by atoms with van der Waals surface area (Å²) in [6, 6.07) is 9.44. The zero-order valence-corrected chi connectivity index (χ0v) is 19.5. The van der Waals surface area contributed by atoms with Gasteiger partial charge in [-0.25, -0.2) is 23.1 Å². The summed E-state index contributed by atoms with van der Waals surface area (Å²) in [4.78, 5) is 33.6. The summed E-state index contributed by atoms with van der Waals surface area (Å²) < 4.78 is 28.9. The molecule has 33 heavy (non-hydrogen) atoms. The van der Waals surface area contributed by atoms with Gasteiger partial charge in [0.1, 0.15) is 11.4 Å². The summed E-state index contributed by atoms with van der Waals surface area (Å²) >= 11 is 0. The van der Waals surface area contributed by atoms with E-state index in [1.54, 1.807) is 20.0 Å². The number of aromatic nitrogens is 1. The van der Waals surface area contributed by atoms with Gasteiger partial charge < -0.3 is 15.0 Å². The zero-order chi connectivity index (χ0) is 23.5. The minimum Gasteiger partial charge on any atom is -0.381 e. The average Bonchev–Trinajstić information content (AvgIpc) is 3.11. The molecule has 1 unspecified atom stereocenters. The van der Waals surface area contributed by atoms with Gasteiger partial charge in [-0.1, -0.05) is 0 Å². The number of pyridine rings is 1. The minimum absolute atomic E-state index is 0.129. The van der Waals surface area contributed by atoms with E-state index >= 15 is 0 Å². The van der Waals surface area contributed by atoms with Crippen molar-refractivity contribution in [3.63, 3.8) is 0 Å². The van der Waals surface area contributed by atoms with Gasteiger partial charge >= 0.3 is 6.03 Å². The molecule has 3 aliphatic rings. The van der Waals surface area contributed by atoms with Gasteiger partial charge in [0.05, 0.1) is 23.8 Å². The zero-order valence-electron chi connectivity index (χ0n) is 18.7. The first kappa shape index (κ1) is 21.8. The number of anilines is 2. The van der Waals surface area contributed by atoms with Gasteiger partial charge in [0.15, 0.2) is 9.84 Å². The number of benzene rings is 1. The number of fused-ring (bicyclic) bond motifs is 1. The van der Waals surface area contributed by atoms with Crippen LogP contribution in [0.4, 0.5) is 16.3 Å². The van der Waals surface area contributed by atoms with Crippen molar-refractivity contribution in [1.82, 2.24) is 9.88 Å². The third-order valence-electron chi connectivity index (χ3n) is 6.78. The Labute approximate surface area is 192 Å². The number of urea groups is 1. The first-order valence-electron chi connectivity index (χ1n) is 10.8. The van der Waals surface area contributed by atoms with E-state index < -0.39 is 21.4 Å². The third kappa shape index (κ3) is 3.76. The molecule has 2 aromatic rings. The molecule has 1 aromatic carbocycles. The van der Waals surface area contributed by atoms with Crippen LogP contribution >= 0.6 is 0 Å². The van der Waals surface area contributed by atoms with E-state index in [2.05, 4.69) is 10.3 Å². The van der Waals surface area contributed by atoms with E-state index in [0.29, 0.717) is 23.6 Å². The van der Waals surface area contributed by atoms with Gasteiger partial charge in [0.25, 0.3) is 5.91 Å². The molecule has 2 saturated heterocycles. The van der Waals surface area contributed by atoms with Crippen LogP contribution in [0.5, 0.6) is 0 Å². The van der Waals surface area contributed by atoms with Crippen LogP contribution in [0.25, 0.3) is 0 Å². The maximum absolute atomic E-state index is 13.3. The lowest BCUT2D eigenvalue weighted by Gasteiger charge is -2.27. The molecular weight excluding hydrogens is 444 g/mol. The van der Waals surface area contributed by atoms with Crippen LogP contribution in [0, 0.1) is 11.8 Å². The average molecular weight is 471 g/mol. The normalized spacial score (nSPS) is 26.0. The molecule has 1 saturated carbocycles. The van der Waals surface area contributed by atoms with Crippen molar-refractivity contribution in [2.75, 3.05) is 29.7 Å². The summed E-state index contributed by atoms with van der Waals surface area (Å²) in [5.41, 5.74) is 0.138. The highest BCUT2D eigenvalue weighted by Crippen LogP contribution is 2.45. The molecule has 3 heterocycles. The monoisotopic (exact) mass is 470 g/mol. The van der Waals surface area contributed by atoms with E-state index in [4.69, 9.17) is 4.74 Å². The highest BCUT2D eigenvalue weighted by atomic mass is 32.2. The van der Waals surface area contributed by atoms with Crippen molar-refractivity contribution in [1.29, 1.82) is 0 Å². The van der Waals surface area contributed by atoms with Crippen LogP contribution in [0.15, 0.2) is 47.5 Å². The fourth-order valence-corrected chi connectivity index (χ4v) is 5.26. The van der Waals surface area contributed by atoms with Crippen molar-refractivity contribution in [3.05, 3.63) is 48.2 Å². The fourth-order valence-electron chi connectivity index (χ4n) is 4.63. The van der Waals surface area contributed by atoms with Gasteiger partial charge in [-0.2, -0.15) is 0 Å². The molecular formula is C23H26N4O5S. The van der Waals surface area contributed by atoms with Crippen LogP contribution in [-0.2, 0) is 25.9 Å². The number of amides is 3. The Hall–Kier alpha value is -2.98. The van der Waals surface area contributed by atoms with Gasteiger partial charge in [0.2, 0.25) is 0 Å². The van der Waals surface area contributed by atoms with Gasteiger partial charge in [0, 0.05) is 36.9 Å². The first-order valence-corrected chi connectivity index (χ1v) is 12.7. The summed E-state index contributed by atoms with van der Waals surface area (Å²) in [5, 5.41) is 3.45. The maximum atomic E-state index is 13.3. The second kappa shape index (κ2) is 7.53. The number of nitrogens with one attached hydrogen (secondary N) is 1. The van der Waals surface area contributed by atoms with E-state index in [-0.39, 0.29) is 17.3 Å². The minimum atomic E-state index is -3.38. The lowest BCUT2D eigenvalue weighted by Crippen LogP contribution is -2.43. The largest absolute Gasteiger partial charge is 0.381 e. The molecule has 5 rings (SSSR count). The fraction of sp³-hybridized carbons (Fsp3) is 0.435. The summed E-state index contributed by atoms with van der Waals surface area (Å²) in [5.74, 6) is 1.46. The quantitative estimate of drug-likeness (QED) is 0.645. The molecule has 174 valence electrons. The number of carbonyl (C=O) groups excluding carboxylic acids is 2. The number of rotatable bonds is 6. The lowest BCUT2D eigenvalue weighted by molar-refractivity contribution is -0.123. The Morgan fingerprint density at radius 2 is 1.79 bits per heavy atom. The van der Waals surface area contributed by atoms with Gasteiger partial charge in [-0.3, -0.25) is 4.79 Å². The van der Waals surface area contributed by atoms with E-state index in [9.17, 15) is 18.0 Å². The lowest BCUT2D eigenvalue weighted by atomic mass is 10.0. The molecule has 3 atom stereocenters. The van der Waals surface area contributed by atoms with Crippen molar-refractivity contribution in [3.8, 4) is 0 Å². The standard InChI is InChI=1S/C23H26N4O5S/c1-23(2)21(28)27(15-4-6-16(7-5-15)33(3,30)31)22(29)26(23)11-14-8-9-24-19(10-14)25-20-17-12-32-13-18(17)20/h4-10,17-18,20H,11-13H2,1-3H3,(H,24,25)/t17-,18+,20?. The van der Waals surface area contributed by atoms with E-state index in [0.717, 1.165) is 35.8 Å². The smallest absolute Gasteiger partial charge is 0.332 e. The molecule has 9 nitrogen and oxygen atoms in total. The molecule has 1 N–H and O–H groups in total. The summed E-state index contributed by atoms with van der Waals surface area (Å²) in [7, 11) is -3.38. The second-order valence-electron chi connectivity index (χ2n) is 9.42. The van der Waals surface area contributed by atoms with Gasteiger partial charge in [-0.05, 0) is 55.8 Å². The number of ether oxygens (including phenoxy) is 1. The van der Waals surface area contributed by atoms with Crippen molar-refractivity contribution in [2.45, 2.75) is 36.9 Å². The van der Waals surface area contributed by atoms with Crippen LogP contribution in [0.3, 0.4) is 0 Å². The first-order chi connectivity index (χ1) is 15.6. The Kier molecular flexibility index (Phi) is 4.98. The van der Waals surface area contributed by atoms with Gasteiger partial charge in [-0.15, -0.1) is 0 Å². The van der Waals surface area contributed by atoms with Crippen LogP contribution in [0.1, 0.15) is 19.4 Å². The topological polar surface area (TPSA) is 109 Å². The predicted octanol–water partition coefficient (Wildman–Crippen LogP) is 2.29. The Bertz CT molecular complexity index is 1220. The highest BCUT2D eigenvalue weighted by molar-refractivity contribution is 7.90. The van der Waals surface area contributed by atoms with Crippen molar-refractivity contribution >= 4 is 33.3 Å². The molecule has 2 aliphatic heterocycles. The molecule has 10 heteroatoms. The molecule has 3 amide bonds. The number of carbonyl (C=O) groups is 2. The highest BCUT2D eigenvalue weighted by Gasteiger charge is 2.54. The molecule has 0 spiro atoms. The third-order valence-corrected chi connectivity index (χ3v) is 7.91.